The molecular formula is C16H27N5O3S. The molecule has 0 spiro atoms. The van der Waals surface area contributed by atoms with Gasteiger partial charge in [0.1, 0.15) is 6.54 Å². The average Bonchev–Trinajstić information content (AvgIpc) is 3.00. The second kappa shape index (κ2) is 10.3. The van der Waals surface area contributed by atoms with Gasteiger partial charge in [-0.1, -0.05) is 0 Å². The predicted molar refractivity (Wildman–Crippen MR) is 98.0 cm³/mol. The fourth-order valence-electron chi connectivity index (χ4n) is 2.57. The summed E-state index contributed by atoms with van der Waals surface area (Å²) in [5.74, 6) is -0.230. The van der Waals surface area contributed by atoms with Crippen molar-refractivity contribution in [3.05, 3.63) is 11.1 Å². The lowest BCUT2D eigenvalue weighted by Crippen LogP contribution is -2.45. The molecule has 1 aromatic heterocycles. The highest BCUT2D eigenvalue weighted by molar-refractivity contribution is 7.15. The summed E-state index contributed by atoms with van der Waals surface area (Å²) in [5.41, 5.74) is 0. The fourth-order valence-corrected chi connectivity index (χ4v) is 3.25. The molecule has 3 amide bonds. The van der Waals surface area contributed by atoms with Crippen LogP contribution in [0.15, 0.2) is 6.20 Å². The molecule has 0 radical (unpaired) electrons. The number of amides is 3. The van der Waals surface area contributed by atoms with Crippen LogP contribution in [0.2, 0.25) is 0 Å². The lowest BCUT2D eigenvalue weighted by atomic mass is 10.3. The maximum atomic E-state index is 12.2. The minimum absolute atomic E-state index is 0.0214. The van der Waals surface area contributed by atoms with E-state index in [0.717, 1.165) is 44.1 Å². The third-order valence-corrected chi connectivity index (χ3v) is 4.65. The minimum atomic E-state index is -0.230. The monoisotopic (exact) mass is 369 g/mol. The first-order valence-corrected chi connectivity index (χ1v) is 9.45. The van der Waals surface area contributed by atoms with E-state index < -0.39 is 0 Å². The van der Waals surface area contributed by atoms with E-state index in [4.69, 9.17) is 4.74 Å². The van der Waals surface area contributed by atoms with Crippen molar-refractivity contribution in [3.8, 4) is 0 Å². The topological polar surface area (TPSA) is 86.8 Å². The Labute approximate surface area is 152 Å². The second-order valence-corrected chi connectivity index (χ2v) is 7.12. The van der Waals surface area contributed by atoms with Crippen LogP contribution < -0.4 is 10.6 Å². The number of nitrogens with one attached hydrogen (secondary N) is 2. The number of aromatic nitrogens is 1. The Morgan fingerprint density at radius 1 is 1.40 bits per heavy atom. The van der Waals surface area contributed by atoms with Crippen LogP contribution in [0.25, 0.3) is 0 Å². The maximum Gasteiger partial charge on any atom is 0.317 e. The van der Waals surface area contributed by atoms with Crippen molar-refractivity contribution in [1.82, 2.24) is 20.1 Å². The third-order valence-electron chi connectivity index (χ3n) is 3.82. The molecule has 1 saturated heterocycles. The molecule has 2 heterocycles. The minimum Gasteiger partial charge on any atom is -0.379 e. The summed E-state index contributed by atoms with van der Waals surface area (Å²) < 4.78 is 5.33. The van der Waals surface area contributed by atoms with E-state index in [1.807, 2.05) is 13.8 Å². The zero-order valence-electron chi connectivity index (χ0n) is 14.9. The van der Waals surface area contributed by atoms with Gasteiger partial charge in [-0.3, -0.25) is 9.69 Å². The number of carbonyl (C=O) groups is 2. The van der Waals surface area contributed by atoms with E-state index >= 15 is 0 Å². The van der Waals surface area contributed by atoms with Crippen molar-refractivity contribution in [2.45, 2.75) is 20.3 Å². The van der Waals surface area contributed by atoms with Crippen LogP contribution >= 0.6 is 11.3 Å². The average molecular weight is 369 g/mol. The summed E-state index contributed by atoms with van der Waals surface area (Å²) >= 11 is 1.42. The first-order chi connectivity index (χ1) is 12.1. The molecule has 0 atom stereocenters. The maximum absolute atomic E-state index is 12.2. The molecular weight excluding hydrogens is 342 g/mol. The molecule has 0 aliphatic carbocycles. The number of anilines is 1. The smallest absolute Gasteiger partial charge is 0.317 e. The molecule has 8 nitrogen and oxygen atoms in total. The summed E-state index contributed by atoms with van der Waals surface area (Å²) in [6.07, 6.45) is 2.53. The number of rotatable bonds is 8. The number of thiazole rings is 1. The van der Waals surface area contributed by atoms with Crippen LogP contribution in [0, 0.1) is 6.92 Å². The van der Waals surface area contributed by atoms with Gasteiger partial charge < -0.3 is 20.3 Å². The van der Waals surface area contributed by atoms with Gasteiger partial charge in [-0.25, -0.2) is 9.78 Å². The predicted octanol–water partition coefficient (Wildman–Crippen LogP) is 1.14. The molecule has 2 rings (SSSR count). The molecule has 1 aromatic rings. The van der Waals surface area contributed by atoms with Gasteiger partial charge in [-0.2, -0.15) is 0 Å². The highest BCUT2D eigenvalue weighted by Gasteiger charge is 2.18. The van der Waals surface area contributed by atoms with Crippen LogP contribution in [0.5, 0.6) is 0 Å². The molecule has 1 fully saturated rings. The lowest BCUT2D eigenvalue weighted by Gasteiger charge is -2.28. The summed E-state index contributed by atoms with van der Waals surface area (Å²) in [6, 6.07) is -0.213. The number of nitrogens with zero attached hydrogens (tertiary/aromatic N) is 3. The Bertz CT molecular complexity index is 560. The van der Waals surface area contributed by atoms with Crippen molar-refractivity contribution < 1.29 is 14.3 Å². The molecule has 1 aliphatic heterocycles. The van der Waals surface area contributed by atoms with Crippen molar-refractivity contribution >= 4 is 28.4 Å². The van der Waals surface area contributed by atoms with Gasteiger partial charge in [0.25, 0.3) is 0 Å². The largest absolute Gasteiger partial charge is 0.379 e. The van der Waals surface area contributed by atoms with E-state index in [2.05, 4.69) is 20.5 Å². The van der Waals surface area contributed by atoms with Gasteiger partial charge >= 0.3 is 6.03 Å². The number of hydrogen-bond acceptors (Lipinski definition) is 6. The Morgan fingerprint density at radius 3 is 2.80 bits per heavy atom. The van der Waals surface area contributed by atoms with Crippen LogP contribution in [-0.4, -0.2) is 79.2 Å². The Balaban J connectivity index is 1.81. The summed E-state index contributed by atoms with van der Waals surface area (Å²) in [4.78, 5) is 33.4. The molecule has 0 saturated carbocycles. The number of carbonyl (C=O) groups excluding carboxylic acids is 2. The van der Waals surface area contributed by atoms with Crippen molar-refractivity contribution in [2.75, 3.05) is 57.8 Å². The van der Waals surface area contributed by atoms with Gasteiger partial charge in [0.15, 0.2) is 5.13 Å². The van der Waals surface area contributed by atoms with E-state index in [9.17, 15) is 9.59 Å². The number of aryl methyl sites for hydroxylation is 1. The zero-order chi connectivity index (χ0) is 18.1. The van der Waals surface area contributed by atoms with Crippen LogP contribution in [0.1, 0.15) is 18.2 Å². The van der Waals surface area contributed by atoms with Crippen LogP contribution in [-0.2, 0) is 9.53 Å². The summed E-state index contributed by atoms with van der Waals surface area (Å²) in [6.45, 7) is 9.14. The first-order valence-electron chi connectivity index (χ1n) is 8.63. The molecule has 0 bridgehead atoms. The van der Waals surface area contributed by atoms with Crippen molar-refractivity contribution in [2.24, 2.45) is 0 Å². The Kier molecular flexibility index (Phi) is 8.10. The van der Waals surface area contributed by atoms with Gasteiger partial charge in [-0.05, 0) is 20.3 Å². The van der Waals surface area contributed by atoms with Gasteiger partial charge in [0, 0.05) is 43.8 Å². The molecule has 0 aromatic carbocycles. The molecule has 2 N–H and O–H groups in total. The summed E-state index contributed by atoms with van der Waals surface area (Å²) in [5, 5.41) is 6.08. The Morgan fingerprint density at radius 2 is 2.16 bits per heavy atom. The number of morpholine rings is 1. The molecule has 25 heavy (non-hydrogen) atoms. The standard InChI is InChI=1S/C16H27N5O3S/c1-3-17-16(23)21(6-4-5-20-7-9-24-10-8-20)12-14(22)19-15-18-11-13(2)25-15/h11H,3-10,12H2,1-2H3,(H,17,23)(H,18,19,22). The van der Waals surface area contributed by atoms with Gasteiger partial charge in [0.05, 0.1) is 13.2 Å². The second-order valence-electron chi connectivity index (χ2n) is 5.89. The molecule has 140 valence electrons. The Hall–Kier alpha value is -1.71. The van der Waals surface area contributed by atoms with Crippen LogP contribution in [0.4, 0.5) is 9.93 Å². The first kappa shape index (κ1) is 19.6. The highest BCUT2D eigenvalue weighted by Crippen LogP contribution is 2.16. The molecule has 9 heteroatoms. The SMILES string of the molecule is CCNC(=O)N(CCCN1CCOCC1)CC(=O)Nc1ncc(C)s1. The lowest BCUT2D eigenvalue weighted by molar-refractivity contribution is -0.116. The van der Waals surface area contributed by atoms with Crippen molar-refractivity contribution in [3.63, 3.8) is 0 Å². The summed E-state index contributed by atoms with van der Waals surface area (Å²) in [7, 11) is 0. The van der Waals surface area contributed by atoms with E-state index in [1.54, 1.807) is 11.1 Å². The highest BCUT2D eigenvalue weighted by atomic mass is 32.1. The third kappa shape index (κ3) is 6.97. The van der Waals surface area contributed by atoms with E-state index in [-0.39, 0.29) is 18.5 Å². The number of urea groups is 1. The van der Waals surface area contributed by atoms with E-state index in [1.165, 1.54) is 11.3 Å². The fraction of sp³-hybridized carbons (Fsp3) is 0.688. The number of hydrogen-bond donors (Lipinski definition) is 2. The number of ether oxygens (including phenoxy) is 1. The van der Waals surface area contributed by atoms with E-state index in [0.29, 0.717) is 18.2 Å². The molecule has 1 aliphatic rings. The zero-order valence-corrected chi connectivity index (χ0v) is 15.7. The normalized spacial score (nSPS) is 15.0. The molecule has 0 unspecified atom stereocenters. The van der Waals surface area contributed by atoms with Crippen LogP contribution in [0.3, 0.4) is 0 Å². The van der Waals surface area contributed by atoms with Crippen molar-refractivity contribution in [1.29, 1.82) is 0 Å². The van der Waals surface area contributed by atoms with Gasteiger partial charge in [-0.15, -0.1) is 11.3 Å². The quantitative estimate of drug-likeness (QED) is 0.718. The van der Waals surface area contributed by atoms with Gasteiger partial charge in [0.2, 0.25) is 5.91 Å².